The number of esters is 1. The van der Waals surface area contributed by atoms with Gasteiger partial charge in [0.05, 0.1) is 6.61 Å². The van der Waals surface area contributed by atoms with Crippen LogP contribution in [0.15, 0.2) is 12.2 Å². The molecular weight excluding hydrogens is 304 g/mol. The van der Waals surface area contributed by atoms with E-state index in [0.29, 0.717) is 11.6 Å². The molecule has 0 saturated heterocycles. The van der Waals surface area contributed by atoms with E-state index in [2.05, 4.69) is 33.9 Å². The highest BCUT2D eigenvalue weighted by Gasteiger charge is 2.36. The fraction of sp³-hybridized carbons (Fsp3) is 0.842. The van der Waals surface area contributed by atoms with Crippen LogP contribution in [0.25, 0.3) is 0 Å². The number of carbonyl (C=O) groups is 1. The molecule has 23 heavy (non-hydrogen) atoms. The van der Waals surface area contributed by atoms with E-state index in [1.54, 1.807) is 6.08 Å². The van der Waals surface area contributed by atoms with Gasteiger partial charge >= 0.3 is 5.97 Å². The number of ether oxygens (including phenoxy) is 1. The minimum atomic E-state index is -1.56. The molecule has 4 heteroatoms. The molecule has 0 aliphatic carbocycles. The second-order valence-electron chi connectivity index (χ2n) is 7.67. The van der Waals surface area contributed by atoms with Crippen LogP contribution >= 0.6 is 0 Å². The topological polar surface area (TPSA) is 35.5 Å². The summed E-state index contributed by atoms with van der Waals surface area (Å²) in [6, 6.07) is 0. The molecule has 0 amide bonds. The van der Waals surface area contributed by atoms with Crippen molar-refractivity contribution in [2.24, 2.45) is 0 Å². The molecule has 0 aromatic carbocycles. The molecule has 0 heterocycles. The molecule has 0 atom stereocenters. The predicted octanol–water partition coefficient (Wildman–Crippen LogP) is 5.86. The Hall–Kier alpha value is -0.613. The van der Waals surface area contributed by atoms with E-state index in [-0.39, 0.29) is 5.97 Å². The van der Waals surface area contributed by atoms with Gasteiger partial charge in [0.1, 0.15) is 0 Å². The molecule has 0 aliphatic rings. The van der Waals surface area contributed by atoms with Crippen molar-refractivity contribution in [2.45, 2.75) is 90.8 Å². The Morgan fingerprint density at radius 3 is 2.13 bits per heavy atom. The first kappa shape index (κ1) is 22.4. The quantitative estimate of drug-likeness (QED) is 0.193. The van der Waals surface area contributed by atoms with Gasteiger partial charge in [-0.1, -0.05) is 52.5 Å². The van der Waals surface area contributed by atoms with Gasteiger partial charge < -0.3 is 9.16 Å². The van der Waals surface area contributed by atoms with E-state index in [1.807, 2.05) is 13.0 Å². The zero-order chi connectivity index (χ0) is 17.8. The standard InChI is InChI=1S/C19H38O3Si/c1-7-21-18(20)16-14-12-10-8-9-11-13-15-17-22-23(5,6)19(2,3)4/h14,16H,7-13,15,17H2,1-6H3/b16-14+. The van der Waals surface area contributed by atoms with Crippen molar-refractivity contribution in [2.75, 3.05) is 13.2 Å². The minimum absolute atomic E-state index is 0.228. The summed E-state index contributed by atoms with van der Waals surface area (Å²) in [6.45, 7) is 14.7. The van der Waals surface area contributed by atoms with Crippen LogP contribution < -0.4 is 0 Å². The molecule has 0 unspecified atom stereocenters. The molecule has 0 rings (SSSR count). The van der Waals surface area contributed by atoms with Crippen LogP contribution in [0.4, 0.5) is 0 Å². The Kier molecular flexibility index (Phi) is 11.5. The van der Waals surface area contributed by atoms with Crippen molar-refractivity contribution in [3.8, 4) is 0 Å². The summed E-state index contributed by atoms with van der Waals surface area (Å²) in [5, 5.41) is 0.310. The largest absolute Gasteiger partial charge is 0.463 e. The first-order valence-corrected chi connectivity index (χ1v) is 12.1. The lowest BCUT2D eigenvalue weighted by atomic mass is 10.1. The number of carbonyl (C=O) groups excluding carboxylic acids is 1. The molecule has 3 nitrogen and oxygen atoms in total. The fourth-order valence-electron chi connectivity index (χ4n) is 1.99. The molecule has 0 bridgehead atoms. The van der Waals surface area contributed by atoms with Crippen LogP contribution in [0.2, 0.25) is 18.1 Å². The molecular formula is C19H38O3Si. The number of hydrogen-bond acceptors (Lipinski definition) is 3. The molecule has 0 N–H and O–H groups in total. The van der Waals surface area contributed by atoms with Gasteiger partial charge in [0, 0.05) is 12.7 Å². The highest BCUT2D eigenvalue weighted by molar-refractivity contribution is 6.74. The molecule has 0 aromatic rings. The summed E-state index contributed by atoms with van der Waals surface area (Å²) in [5.41, 5.74) is 0. The minimum Gasteiger partial charge on any atom is -0.463 e. The van der Waals surface area contributed by atoms with Gasteiger partial charge in [-0.25, -0.2) is 4.79 Å². The lowest BCUT2D eigenvalue weighted by Gasteiger charge is -2.36. The first-order valence-electron chi connectivity index (χ1n) is 9.18. The Labute approximate surface area is 145 Å². The van der Waals surface area contributed by atoms with Crippen molar-refractivity contribution in [1.29, 1.82) is 0 Å². The molecule has 0 aliphatic heterocycles. The van der Waals surface area contributed by atoms with Gasteiger partial charge in [-0.15, -0.1) is 0 Å². The van der Waals surface area contributed by atoms with Gasteiger partial charge in [0.2, 0.25) is 0 Å². The second-order valence-corrected chi connectivity index (χ2v) is 12.5. The van der Waals surface area contributed by atoms with Crippen molar-refractivity contribution in [3.63, 3.8) is 0 Å². The molecule has 136 valence electrons. The summed E-state index contributed by atoms with van der Waals surface area (Å²) >= 11 is 0. The zero-order valence-electron chi connectivity index (χ0n) is 16.2. The van der Waals surface area contributed by atoms with Crippen LogP contribution in [0.5, 0.6) is 0 Å². The lowest BCUT2D eigenvalue weighted by molar-refractivity contribution is -0.137. The SMILES string of the molecule is CCOC(=O)/C=C/CCCCCCCCO[Si](C)(C)C(C)(C)C. The van der Waals surface area contributed by atoms with Crippen LogP contribution in [-0.2, 0) is 14.0 Å². The average molecular weight is 343 g/mol. The van der Waals surface area contributed by atoms with Crippen LogP contribution in [-0.4, -0.2) is 27.5 Å². The second kappa shape index (κ2) is 11.9. The van der Waals surface area contributed by atoms with Gasteiger partial charge in [0.15, 0.2) is 8.32 Å². The van der Waals surface area contributed by atoms with Crippen LogP contribution in [0.3, 0.4) is 0 Å². The number of hydrogen-bond donors (Lipinski definition) is 0. The number of allylic oxidation sites excluding steroid dienone is 1. The third kappa shape index (κ3) is 11.5. The van der Waals surface area contributed by atoms with E-state index >= 15 is 0 Å². The van der Waals surface area contributed by atoms with E-state index in [4.69, 9.17) is 9.16 Å². The molecule has 0 aromatic heterocycles. The van der Waals surface area contributed by atoms with Crippen LogP contribution in [0.1, 0.15) is 72.6 Å². The summed E-state index contributed by atoms with van der Waals surface area (Å²) < 4.78 is 11.0. The third-order valence-corrected chi connectivity index (χ3v) is 9.11. The summed E-state index contributed by atoms with van der Waals surface area (Å²) in [5.74, 6) is -0.228. The maximum atomic E-state index is 11.1. The third-order valence-electron chi connectivity index (χ3n) is 4.57. The normalized spacial score (nSPS) is 12.8. The monoisotopic (exact) mass is 342 g/mol. The molecule has 0 radical (unpaired) electrons. The Bertz CT molecular complexity index is 343. The highest BCUT2D eigenvalue weighted by Crippen LogP contribution is 2.36. The van der Waals surface area contributed by atoms with E-state index in [1.165, 1.54) is 32.1 Å². The fourth-order valence-corrected chi connectivity index (χ4v) is 3.07. The Morgan fingerprint density at radius 2 is 1.57 bits per heavy atom. The summed E-state index contributed by atoms with van der Waals surface area (Å²) in [4.78, 5) is 11.1. The van der Waals surface area contributed by atoms with Gasteiger partial charge in [0.25, 0.3) is 0 Å². The van der Waals surface area contributed by atoms with Crippen molar-refractivity contribution >= 4 is 14.3 Å². The predicted molar refractivity (Wildman–Crippen MR) is 101 cm³/mol. The van der Waals surface area contributed by atoms with Crippen molar-refractivity contribution in [3.05, 3.63) is 12.2 Å². The van der Waals surface area contributed by atoms with Gasteiger partial charge in [-0.3, -0.25) is 0 Å². The van der Waals surface area contributed by atoms with Crippen LogP contribution in [0, 0.1) is 0 Å². The first-order chi connectivity index (χ1) is 10.7. The van der Waals surface area contributed by atoms with Crippen molar-refractivity contribution < 1.29 is 14.0 Å². The average Bonchev–Trinajstić information content (AvgIpc) is 2.43. The number of unbranched alkanes of at least 4 members (excludes halogenated alkanes) is 6. The van der Waals surface area contributed by atoms with E-state index in [0.717, 1.165) is 19.4 Å². The molecule has 0 spiro atoms. The Morgan fingerprint density at radius 1 is 1.00 bits per heavy atom. The Balaban J connectivity index is 3.46. The molecule has 0 fully saturated rings. The smallest absolute Gasteiger partial charge is 0.330 e. The number of rotatable bonds is 12. The summed E-state index contributed by atoms with van der Waals surface area (Å²) in [7, 11) is -1.56. The van der Waals surface area contributed by atoms with Gasteiger partial charge in [-0.05, 0) is 44.3 Å². The zero-order valence-corrected chi connectivity index (χ0v) is 17.2. The molecule has 0 saturated carbocycles. The maximum absolute atomic E-state index is 11.1. The lowest BCUT2D eigenvalue weighted by Crippen LogP contribution is -2.40. The maximum Gasteiger partial charge on any atom is 0.330 e. The van der Waals surface area contributed by atoms with E-state index < -0.39 is 8.32 Å². The highest BCUT2D eigenvalue weighted by atomic mass is 28.4. The van der Waals surface area contributed by atoms with Gasteiger partial charge in [-0.2, -0.15) is 0 Å². The van der Waals surface area contributed by atoms with Crippen molar-refractivity contribution in [1.82, 2.24) is 0 Å². The summed E-state index contributed by atoms with van der Waals surface area (Å²) in [6.07, 6.45) is 11.8. The van der Waals surface area contributed by atoms with E-state index in [9.17, 15) is 4.79 Å².